The van der Waals surface area contributed by atoms with Crippen molar-refractivity contribution in [2.45, 2.75) is 64.4 Å². The zero-order valence-electron chi connectivity index (χ0n) is 19.3. The predicted molar refractivity (Wildman–Crippen MR) is 125 cm³/mol. The number of benzene rings is 1. The second-order valence-electron chi connectivity index (χ2n) is 11.1. The van der Waals surface area contributed by atoms with Crippen LogP contribution in [0.25, 0.3) is 0 Å². The molecule has 0 heterocycles. The fourth-order valence-electron chi connectivity index (χ4n) is 7.89. The van der Waals surface area contributed by atoms with Gasteiger partial charge in [0.05, 0.1) is 11.5 Å². The number of nitrogens with zero attached hydrogens (tertiary/aromatic N) is 1. The summed E-state index contributed by atoms with van der Waals surface area (Å²) in [5.74, 6) is 1.25. The summed E-state index contributed by atoms with van der Waals surface area (Å²) in [6, 6.07) is 8.63. The minimum atomic E-state index is -0.656. The third-order valence-electron chi connectivity index (χ3n) is 9.65. The van der Waals surface area contributed by atoms with Crippen LogP contribution in [0.4, 0.5) is 5.69 Å². The summed E-state index contributed by atoms with van der Waals surface area (Å²) in [6.07, 6.45) is 6.90. The van der Waals surface area contributed by atoms with Crippen LogP contribution in [0.3, 0.4) is 0 Å². The standard InChI is InChI=1S/C27H36N2O2/c1-26-14-13-18(28)15-17(26)7-10-20-21-11-12-22(30)27(21,2)25(31)23(24(20)26)16-5-8-19(9-6-16)29(3)4/h5-6,8-9,15,20-21,23-25,28,31H,7,10-14H2,1-4H3/t20-,21-,23+,24+,25-,26-,27-/m0/s1. The second kappa shape index (κ2) is 7.03. The number of carbonyl (C=O) groups is 1. The van der Waals surface area contributed by atoms with Crippen LogP contribution in [0.5, 0.6) is 0 Å². The summed E-state index contributed by atoms with van der Waals surface area (Å²) in [5, 5.41) is 20.2. The van der Waals surface area contributed by atoms with Crippen molar-refractivity contribution in [3.63, 3.8) is 0 Å². The molecule has 0 aliphatic heterocycles. The molecule has 1 aromatic rings. The van der Waals surface area contributed by atoms with Crippen molar-refractivity contribution in [1.29, 1.82) is 5.41 Å². The molecule has 4 aliphatic carbocycles. The molecule has 4 aliphatic rings. The molecule has 4 heteroatoms. The SMILES string of the molecule is CN(C)c1ccc([C@@H]2[C@H]3[C@@H](CCC4=CC(=N)CC[C@@]43C)[C@@H]3CCC(=O)[C@@]3(C)[C@H]2O)cc1. The van der Waals surface area contributed by atoms with Gasteiger partial charge in [-0.1, -0.05) is 24.6 Å². The third kappa shape index (κ3) is 2.83. The van der Waals surface area contributed by atoms with Crippen LogP contribution in [0.2, 0.25) is 0 Å². The normalized spacial score (nSPS) is 41.8. The van der Waals surface area contributed by atoms with Crippen LogP contribution < -0.4 is 4.90 Å². The van der Waals surface area contributed by atoms with Gasteiger partial charge >= 0.3 is 0 Å². The molecular weight excluding hydrogens is 384 g/mol. The molecule has 0 amide bonds. The first-order valence-electron chi connectivity index (χ1n) is 11.9. The largest absolute Gasteiger partial charge is 0.391 e. The van der Waals surface area contributed by atoms with Crippen LogP contribution >= 0.6 is 0 Å². The van der Waals surface area contributed by atoms with Crippen molar-refractivity contribution in [2.75, 3.05) is 19.0 Å². The number of hydrogen-bond acceptors (Lipinski definition) is 4. The number of fused-ring (bicyclic) bond motifs is 5. The molecule has 0 unspecified atom stereocenters. The first-order chi connectivity index (χ1) is 14.7. The zero-order valence-corrected chi connectivity index (χ0v) is 19.3. The molecule has 0 spiro atoms. The fraction of sp³-hybridized carbons (Fsp3) is 0.630. The smallest absolute Gasteiger partial charge is 0.141 e. The minimum Gasteiger partial charge on any atom is -0.391 e. The number of aliphatic hydroxyl groups excluding tert-OH is 1. The molecule has 4 nitrogen and oxygen atoms in total. The molecule has 3 fully saturated rings. The van der Waals surface area contributed by atoms with E-state index in [4.69, 9.17) is 5.41 Å². The van der Waals surface area contributed by atoms with E-state index in [1.165, 1.54) is 5.57 Å². The van der Waals surface area contributed by atoms with Gasteiger partial charge in [-0.25, -0.2) is 0 Å². The topological polar surface area (TPSA) is 64.4 Å². The highest BCUT2D eigenvalue weighted by molar-refractivity contribution is 5.94. The Kier molecular flexibility index (Phi) is 4.75. The summed E-state index contributed by atoms with van der Waals surface area (Å²) in [6.45, 7) is 4.44. The number of nitrogens with one attached hydrogen (secondary N) is 1. The number of carbonyl (C=O) groups excluding carboxylic acids is 1. The average Bonchev–Trinajstić information content (AvgIpc) is 3.05. The number of hydrogen-bond donors (Lipinski definition) is 2. The first kappa shape index (κ1) is 20.9. The number of anilines is 1. The molecule has 7 atom stereocenters. The lowest BCUT2D eigenvalue weighted by Crippen LogP contribution is -2.60. The molecular formula is C27H36N2O2. The van der Waals surface area contributed by atoms with E-state index in [2.05, 4.69) is 49.1 Å². The molecule has 3 saturated carbocycles. The number of aliphatic hydroxyl groups is 1. The van der Waals surface area contributed by atoms with Gasteiger partial charge in [-0.05, 0) is 86.0 Å². The van der Waals surface area contributed by atoms with Gasteiger partial charge < -0.3 is 15.4 Å². The lowest BCUT2D eigenvalue weighted by atomic mass is 9.43. The lowest BCUT2D eigenvalue weighted by Gasteiger charge is -2.61. The van der Waals surface area contributed by atoms with Gasteiger partial charge in [-0.15, -0.1) is 0 Å². The Hall–Kier alpha value is -1.94. The summed E-state index contributed by atoms with van der Waals surface area (Å²) in [5.41, 5.74) is 3.82. The Morgan fingerprint density at radius 2 is 1.77 bits per heavy atom. The highest BCUT2D eigenvalue weighted by Gasteiger charge is 2.66. The summed E-state index contributed by atoms with van der Waals surface area (Å²) >= 11 is 0. The fourth-order valence-corrected chi connectivity index (χ4v) is 7.89. The van der Waals surface area contributed by atoms with E-state index < -0.39 is 11.5 Å². The Morgan fingerprint density at radius 3 is 2.45 bits per heavy atom. The van der Waals surface area contributed by atoms with Crippen LogP contribution in [0, 0.1) is 34.0 Å². The van der Waals surface area contributed by atoms with Gasteiger partial charge in [-0.3, -0.25) is 4.79 Å². The maximum absolute atomic E-state index is 13.1. The monoisotopic (exact) mass is 420 g/mol. The summed E-state index contributed by atoms with van der Waals surface area (Å²) in [7, 11) is 4.08. The Morgan fingerprint density at radius 1 is 1.06 bits per heavy atom. The van der Waals surface area contributed by atoms with Gasteiger partial charge in [0.1, 0.15) is 5.78 Å². The maximum Gasteiger partial charge on any atom is 0.141 e. The van der Waals surface area contributed by atoms with Crippen molar-refractivity contribution < 1.29 is 9.90 Å². The first-order valence-corrected chi connectivity index (χ1v) is 11.9. The van der Waals surface area contributed by atoms with E-state index in [9.17, 15) is 9.90 Å². The molecule has 0 radical (unpaired) electrons. The van der Waals surface area contributed by atoms with Gasteiger partial charge in [0, 0.05) is 37.8 Å². The Balaban J connectivity index is 1.66. The lowest BCUT2D eigenvalue weighted by molar-refractivity contribution is -0.156. The summed E-state index contributed by atoms with van der Waals surface area (Å²) < 4.78 is 0. The molecule has 1 aromatic carbocycles. The van der Waals surface area contributed by atoms with Crippen molar-refractivity contribution in [2.24, 2.45) is 28.6 Å². The summed E-state index contributed by atoms with van der Waals surface area (Å²) in [4.78, 5) is 15.2. The maximum atomic E-state index is 13.1. The average molecular weight is 421 g/mol. The molecule has 31 heavy (non-hydrogen) atoms. The van der Waals surface area contributed by atoms with Crippen molar-refractivity contribution in [3.8, 4) is 0 Å². The van der Waals surface area contributed by atoms with E-state index in [0.717, 1.165) is 49.1 Å². The molecule has 166 valence electrons. The van der Waals surface area contributed by atoms with Crippen LogP contribution in [0.15, 0.2) is 35.9 Å². The quantitative estimate of drug-likeness (QED) is 0.710. The highest BCUT2D eigenvalue weighted by atomic mass is 16.3. The third-order valence-corrected chi connectivity index (χ3v) is 9.65. The molecule has 0 aromatic heterocycles. The molecule has 0 saturated heterocycles. The minimum absolute atomic E-state index is 0.00764. The van der Waals surface area contributed by atoms with E-state index in [-0.39, 0.29) is 23.0 Å². The predicted octanol–water partition coefficient (Wildman–Crippen LogP) is 4.97. The van der Waals surface area contributed by atoms with Crippen molar-refractivity contribution in [1.82, 2.24) is 0 Å². The van der Waals surface area contributed by atoms with Crippen LogP contribution in [-0.2, 0) is 4.79 Å². The van der Waals surface area contributed by atoms with Crippen LogP contribution in [0.1, 0.15) is 63.9 Å². The van der Waals surface area contributed by atoms with Gasteiger partial charge in [0.2, 0.25) is 0 Å². The number of allylic oxidation sites excluding steroid dienone is 2. The Labute approximate surface area is 186 Å². The van der Waals surface area contributed by atoms with E-state index in [1.807, 2.05) is 14.1 Å². The van der Waals surface area contributed by atoms with E-state index >= 15 is 0 Å². The Bertz CT molecular complexity index is 948. The van der Waals surface area contributed by atoms with E-state index in [0.29, 0.717) is 18.3 Å². The zero-order chi connectivity index (χ0) is 22.1. The molecule has 5 rings (SSSR count). The van der Waals surface area contributed by atoms with E-state index in [1.54, 1.807) is 0 Å². The number of ketones is 1. The van der Waals surface area contributed by atoms with Crippen LogP contribution in [-0.4, -0.2) is 36.8 Å². The van der Waals surface area contributed by atoms with Gasteiger partial charge in [0.25, 0.3) is 0 Å². The molecule has 0 bridgehead atoms. The number of rotatable bonds is 2. The van der Waals surface area contributed by atoms with Gasteiger partial charge in [-0.2, -0.15) is 0 Å². The second-order valence-corrected chi connectivity index (χ2v) is 11.1. The van der Waals surface area contributed by atoms with Crippen molar-refractivity contribution in [3.05, 3.63) is 41.5 Å². The molecule has 2 N–H and O–H groups in total. The highest BCUT2D eigenvalue weighted by Crippen LogP contribution is 2.68. The van der Waals surface area contributed by atoms with Crippen molar-refractivity contribution >= 4 is 17.2 Å². The van der Waals surface area contributed by atoms with Gasteiger partial charge in [0.15, 0.2) is 0 Å². The number of Topliss-reactive ketones (excluding diaryl/α,β-unsaturated/α-hetero) is 1.